The third-order valence-corrected chi connectivity index (χ3v) is 0.939. The highest BCUT2D eigenvalue weighted by Gasteiger charge is 1.88. The van der Waals surface area contributed by atoms with Crippen molar-refractivity contribution in [2.75, 3.05) is 14.1 Å². The molecule has 50 valence electrons. The maximum atomic E-state index is 8.43. The predicted molar refractivity (Wildman–Crippen MR) is 37.7 cm³/mol. The van der Waals surface area contributed by atoms with Gasteiger partial charge in [0, 0.05) is 25.9 Å². The molecule has 0 N–H and O–H groups in total. The molecule has 0 heterocycles. The van der Waals surface area contributed by atoms with Crippen LogP contribution in [0, 0.1) is 11.3 Å². The maximum Gasteiger partial charge on any atom is 0.0962 e. The lowest BCUT2D eigenvalue weighted by Crippen LogP contribution is -2.01. The normalized spacial score (nSPS) is 10.7. The number of nitriles is 1. The summed E-state index contributed by atoms with van der Waals surface area (Å²) in [4.78, 5) is 1.88. The number of hydrogen-bond donors (Lipinski definition) is 0. The third kappa shape index (κ3) is 3.60. The van der Waals surface area contributed by atoms with E-state index in [4.69, 9.17) is 5.26 Å². The lowest BCUT2D eigenvalue weighted by Gasteiger charge is -2.03. The van der Waals surface area contributed by atoms with Crippen LogP contribution in [0.1, 0.15) is 13.3 Å². The van der Waals surface area contributed by atoms with Crippen molar-refractivity contribution in [3.8, 4) is 6.07 Å². The molecule has 2 heteroatoms. The summed E-state index contributed by atoms with van der Waals surface area (Å²) in [6.07, 6.45) is 2.65. The fourth-order valence-electron chi connectivity index (χ4n) is 0.511. The van der Waals surface area contributed by atoms with E-state index in [0.29, 0.717) is 0 Å². The van der Waals surface area contributed by atoms with Crippen molar-refractivity contribution < 1.29 is 0 Å². The first-order chi connectivity index (χ1) is 4.20. The Labute approximate surface area is 56.4 Å². The summed E-state index contributed by atoms with van der Waals surface area (Å²) < 4.78 is 0. The van der Waals surface area contributed by atoms with E-state index in [2.05, 4.69) is 6.07 Å². The van der Waals surface area contributed by atoms with Crippen molar-refractivity contribution in [3.05, 3.63) is 11.8 Å². The monoisotopic (exact) mass is 124 g/mol. The van der Waals surface area contributed by atoms with E-state index in [0.717, 1.165) is 12.0 Å². The highest BCUT2D eigenvalue weighted by Crippen LogP contribution is 1.97. The average molecular weight is 124 g/mol. The lowest BCUT2D eigenvalue weighted by atomic mass is 10.2. The molecule has 0 rings (SSSR count). The molecule has 0 radical (unpaired) electrons. The summed E-state index contributed by atoms with van der Waals surface area (Å²) in [6, 6.07) is 2.10. The van der Waals surface area contributed by atoms with Gasteiger partial charge in [0.25, 0.3) is 0 Å². The van der Waals surface area contributed by atoms with E-state index >= 15 is 0 Å². The summed E-state index contributed by atoms with van der Waals surface area (Å²) in [5.74, 6) is 0. The standard InChI is InChI=1S/C7H12N2/c1-4-7(5-8)6-9(2)3/h6H,4H2,1-3H3/b7-6+. The molecule has 0 unspecified atom stereocenters. The molecule has 0 bridgehead atoms. The molecule has 0 amide bonds. The SMILES string of the molecule is CC/C(C#N)=C\N(C)C. The second-order valence-electron chi connectivity index (χ2n) is 2.08. The van der Waals surface area contributed by atoms with Crippen LogP contribution >= 0.6 is 0 Å². The first kappa shape index (κ1) is 8.03. The van der Waals surface area contributed by atoms with E-state index in [1.54, 1.807) is 0 Å². The second-order valence-corrected chi connectivity index (χ2v) is 2.08. The van der Waals surface area contributed by atoms with Crippen molar-refractivity contribution in [1.82, 2.24) is 4.90 Å². The van der Waals surface area contributed by atoms with Crippen LogP contribution in [-0.2, 0) is 0 Å². The van der Waals surface area contributed by atoms with Crippen LogP contribution in [0.2, 0.25) is 0 Å². The van der Waals surface area contributed by atoms with Gasteiger partial charge in [-0.2, -0.15) is 5.26 Å². The van der Waals surface area contributed by atoms with Crippen LogP contribution in [0.3, 0.4) is 0 Å². The minimum absolute atomic E-state index is 0.814. The average Bonchev–Trinajstić information content (AvgIpc) is 1.82. The molecular weight excluding hydrogens is 112 g/mol. The molecule has 0 aromatic heterocycles. The second kappa shape index (κ2) is 3.96. The number of nitrogens with zero attached hydrogens (tertiary/aromatic N) is 2. The fraction of sp³-hybridized carbons (Fsp3) is 0.571. The lowest BCUT2D eigenvalue weighted by molar-refractivity contribution is 0.558. The summed E-state index contributed by atoms with van der Waals surface area (Å²) in [5, 5.41) is 8.43. The van der Waals surface area contributed by atoms with Crippen molar-refractivity contribution in [1.29, 1.82) is 5.26 Å². The van der Waals surface area contributed by atoms with Gasteiger partial charge in [0.15, 0.2) is 0 Å². The van der Waals surface area contributed by atoms with Gasteiger partial charge >= 0.3 is 0 Å². The molecule has 0 saturated carbocycles. The van der Waals surface area contributed by atoms with E-state index in [1.807, 2.05) is 32.1 Å². The predicted octanol–water partition coefficient (Wildman–Crippen LogP) is 1.37. The topological polar surface area (TPSA) is 27.0 Å². The Morgan fingerprint density at radius 2 is 2.22 bits per heavy atom. The zero-order valence-corrected chi connectivity index (χ0v) is 6.18. The van der Waals surface area contributed by atoms with Crippen LogP contribution in [0.15, 0.2) is 11.8 Å². The van der Waals surface area contributed by atoms with Gasteiger partial charge in [0.1, 0.15) is 0 Å². The van der Waals surface area contributed by atoms with Gasteiger partial charge in [-0.05, 0) is 6.42 Å². The highest BCUT2D eigenvalue weighted by molar-refractivity contribution is 5.18. The summed E-state index contributed by atoms with van der Waals surface area (Å²) in [5.41, 5.74) is 0.819. The molecule has 0 aliphatic heterocycles. The number of allylic oxidation sites excluding steroid dienone is 1. The fourth-order valence-corrected chi connectivity index (χ4v) is 0.511. The van der Waals surface area contributed by atoms with Gasteiger partial charge in [-0.25, -0.2) is 0 Å². The van der Waals surface area contributed by atoms with E-state index < -0.39 is 0 Å². The Balaban J connectivity index is 3.96. The molecule has 0 fully saturated rings. The summed E-state index contributed by atoms with van der Waals surface area (Å²) >= 11 is 0. The minimum atomic E-state index is 0.814. The van der Waals surface area contributed by atoms with Crippen LogP contribution < -0.4 is 0 Å². The molecular formula is C7H12N2. The maximum absolute atomic E-state index is 8.43. The van der Waals surface area contributed by atoms with Crippen molar-refractivity contribution in [2.24, 2.45) is 0 Å². The van der Waals surface area contributed by atoms with Crippen molar-refractivity contribution in [2.45, 2.75) is 13.3 Å². The van der Waals surface area contributed by atoms with Gasteiger partial charge in [0.2, 0.25) is 0 Å². The third-order valence-electron chi connectivity index (χ3n) is 0.939. The largest absolute Gasteiger partial charge is 0.383 e. The zero-order chi connectivity index (χ0) is 7.28. The Hall–Kier alpha value is -0.970. The minimum Gasteiger partial charge on any atom is -0.383 e. The van der Waals surface area contributed by atoms with Crippen LogP contribution in [0.4, 0.5) is 0 Å². The molecule has 0 aromatic rings. The highest BCUT2D eigenvalue weighted by atomic mass is 15.0. The van der Waals surface area contributed by atoms with Gasteiger partial charge in [-0.3, -0.25) is 0 Å². The van der Waals surface area contributed by atoms with Crippen LogP contribution in [0.25, 0.3) is 0 Å². The molecule has 0 aliphatic rings. The van der Waals surface area contributed by atoms with E-state index in [9.17, 15) is 0 Å². The van der Waals surface area contributed by atoms with E-state index in [-0.39, 0.29) is 0 Å². The molecule has 0 saturated heterocycles. The Morgan fingerprint density at radius 3 is 2.33 bits per heavy atom. The molecule has 0 aromatic carbocycles. The Bertz CT molecular complexity index is 139. The summed E-state index contributed by atoms with van der Waals surface area (Å²) in [6.45, 7) is 1.97. The quantitative estimate of drug-likeness (QED) is 0.520. The molecule has 0 spiro atoms. The number of hydrogen-bond acceptors (Lipinski definition) is 2. The summed E-state index contributed by atoms with van der Waals surface area (Å²) in [7, 11) is 3.82. The zero-order valence-electron chi connectivity index (χ0n) is 6.18. The van der Waals surface area contributed by atoms with Gasteiger partial charge in [0.05, 0.1) is 6.07 Å². The Kier molecular flexibility index (Phi) is 3.54. The molecule has 0 aliphatic carbocycles. The van der Waals surface area contributed by atoms with Crippen LogP contribution in [-0.4, -0.2) is 19.0 Å². The van der Waals surface area contributed by atoms with Gasteiger partial charge in [-0.15, -0.1) is 0 Å². The molecule has 9 heavy (non-hydrogen) atoms. The molecule has 0 atom stereocenters. The van der Waals surface area contributed by atoms with Crippen LogP contribution in [0.5, 0.6) is 0 Å². The number of rotatable bonds is 2. The van der Waals surface area contributed by atoms with E-state index in [1.165, 1.54) is 0 Å². The molecule has 2 nitrogen and oxygen atoms in total. The Morgan fingerprint density at radius 1 is 1.67 bits per heavy atom. The first-order valence-corrected chi connectivity index (χ1v) is 2.98. The first-order valence-electron chi connectivity index (χ1n) is 2.98. The van der Waals surface area contributed by atoms with Crippen molar-refractivity contribution >= 4 is 0 Å². The van der Waals surface area contributed by atoms with Gasteiger partial charge in [-0.1, -0.05) is 6.92 Å². The van der Waals surface area contributed by atoms with Gasteiger partial charge < -0.3 is 4.90 Å². The van der Waals surface area contributed by atoms with Crippen molar-refractivity contribution in [3.63, 3.8) is 0 Å². The smallest absolute Gasteiger partial charge is 0.0962 e.